The van der Waals surface area contributed by atoms with Gasteiger partial charge in [-0.3, -0.25) is 0 Å². The van der Waals surface area contributed by atoms with Crippen molar-refractivity contribution in [3.63, 3.8) is 0 Å². The minimum atomic E-state index is -0.979. The van der Waals surface area contributed by atoms with Crippen molar-refractivity contribution in [3.8, 4) is 5.75 Å². The van der Waals surface area contributed by atoms with Crippen molar-refractivity contribution in [1.29, 1.82) is 0 Å². The molecule has 0 aliphatic carbocycles. The molecule has 116 valence electrons. The van der Waals surface area contributed by atoms with Gasteiger partial charge >= 0.3 is 5.97 Å². The molecule has 0 aliphatic rings. The fourth-order valence-corrected chi connectivity index (χ4v) is 2.43. The number of hydrogen-bond donors (Lipinski definition) is 1. The third-order valence-corrected chi connectivity index (χ3v) is 4.01. The second kappa shape index (κ2) is 6.84. The van der Waals surface area contributed by atoms with E-state index in [1.54, 1.807) is 18.2 Å². The predicted molar refractivity (Wildman–Crippen MR) is 87.9 cm³/mol. The topological polar surface area (TPSA) is 46.5 Å². The number of ether oxygens (including phenoxy) is 1. The normalized spacial score (nSPS) is 12.0. The van der Waals surface area contributed by atoms with E-state index in [-0.39, 0.29) is 0 Å². The highest BCUT2D eigenvalue weighted by Crippen LogP contribution is 2.23. The summed E-state index contributed by atoms with van der Waals surface area (Å²) in [5, 5.41) is 10.0. The molecule has 0 aliphatic heterocycles. The Kier molecular flexibility index (Phi) is 5.09. The van der Waals surface area contributed by atoms with E-state index in [9.17, 15) is 9.90 Å². The van der Waals surface area contributed by atoms with Gasteiger partial charge in [0.2, 0.25) is 0 Å². The summed E-state index contributed by atoms with van der Waals surface area (Å²) in [4.78, 5) is 11.5. The van der Waals surface area contributed by atoms with Crippen molar-refractivity contribution in [2.75, 3.05) is 0 Å². The summed E-state index contributed by atoms with van der Waals surface area (Å²) in [5.41, 5.74) is 4.06. The summed E-state index contributed by atoms with van der Waals surface area (Å²) in [6, 6.07) is 11.1. The number of carboxylic acids is 1. The second-order valence-electron chi connectivity index (χ2n) is 5.49. The lowest BCUT2D eigenvalue weighted by atomic mass is 10.0. The summed E-state index contributed by atoms with van der Waals surface area (Å²) in [6.45, 7) is 5.85. The van der Waals surface area contributed by atoms with E-state index in [2.05, 4.69) is 0 Å². The summed E-state index contributed by atoms with van der Waals surface area (Å²) in [7, 11) is 0. The molecule has 1 N–H and O–H groups in total. The van der Waals surface area contributed by atoms with E-state index >= 15 is 0 Å². The van der Waals surface area contributed by atoms with E-state index in [4.69, 9.17) is 16.3 Å². The first-order valence-corrected chi connectivity index (χ1v) is 7.46. The summed E-state index contributed by atoms with van der Waals surface area (Å²) in [5.74, 6) is -0.466. The Balaban J connectivity index is 2.19. The predicted octanol–water partition coefficient (Wildman–Crippen LogP) is 4.34. The van der Waals surface area contributed by atoms with E-state index < -0.39 is 12.1 Å². The summed E-state index contributed by atoms with van der Waals surface area (Å²) < 4.78 is 5.64. The number of aryl methyl sites for hydroxylation is 3. The van der Waals surface area contributed by atoms with Crippen LogP contribution < -0.4 is 4.74 Å². The van der Waals surface area contributed by atoms with Crippen LogP contribution in [0.4, 0.5) is 0 Å². The minimum absolute atomic E-state index is 0.323. The van der Waals surface area contributed by atoms with Crippen LogP contribution in [0.3, 0.4) is 0 Å². The molecule has 0 amide bonds. The average molecular weight is 319 g/mol. The van der Waals surface area contributed by atoms with Gasteiger partial charge in [0.05, 0.1) is 0 Å². The average Bonchev–Trinajstić information content (AvgIpc) is 2.44. The van der Waals surface area contributed by atoms with Crippen LogP contribution in [-0.4, -0.2) is 17.2 Å². The Hall–Kier alpha value is -2.00. The van der Waals surface area contributed by atoms with Crippen LogP contribution in [0.25, 0.3) is 0 Å². The maximum atomic E-state index is 11.5. The van der Waals surface area contributed by atoms with Gasteiger partial charge in [0.25, 0.3) is 0 Å². The van der Waals surface area contributed by atoms with Gasteiger partial charge in [-0.25, -0.2) is 4.79 Å². The highest BCUT2D eigenvalue weighted by Gasteiger charge is 2.21. The van der Waals surface area contributed by atoms with Gasteiger partial charge in [0, 0.05) is 11.4 Å². The number of carbonyl (C=O) groups is 1. The van der Waals surface area contributed by atoms with Gasteiger partial charge < -0.3 is 9.84 Å². The van der Waals surface area contributed by atoms with Gasteiger partial charge in [-0.15, -0.1) is 0 Å². The first-order chi connectivity index (χ1) is 10.4. The number of rotatable bonds is 5. The first kappa shape index (κ1) is 16.4. The van der Waals surface area contributed by atoms with E-state index in [0.29, 0.717) is 17.2 Å². The molecule has 0 bridgehead atoms. The van der Waals surface area contributed by atoms with Crippen LogP contribution in [-0.2, 0) is 11.2 Å². The Morgan fingerprint density at radius 3 is 2.45 bits per heavy atom. The smallest absolute Gasteiger partial charge is 0.345 e. The van der Waals surface area contributed by atoms with Gasteiger partial charge in [-0.2, -0.15) is 0 Å². The molecule has 4 heteroatoms. The Morgan fingerprint density at radius 1 is 1.14 bits per heavy atom. The molecule has 0 spiro atoms. The maximum Gasteiger partial charge on any atom is 0.345 e. The van der Waals surface area contributed by atoms with Crippen molar-refractivity contribution in [2.45, 2.75) is 33.3 Å². The SMILES string of the molecule is Cc1ccc(C[C@@H](Oc2ccc(Cl)c(C)c2)C(=O)O)c(C)c1. The molecule has 1 atom stereocenters. The number of carboxylic acid groups (broad SMARTS) is 1. The highest BCUT2D eigenvalue weighted by molar-refractivity contribution is 6.31. The van der Waals surface area contributed by atoms with Gasteiger partial charge in [-0.05, 0) is 55.7 Å². The molecule has 2 aromatic carbocycles. The van der Waals surface area contributed by atoms with Gasteiger partial charge in [0.15, 0.2) is 6.10 Å². The molecule has 2 rings (SSSR count). The molecule has 2 aromatic rings. The van der Waals surface area contributed by atoms with E-state index in [0.717, 1.165) is 22.3 Å². The molecule has 0 unspecified atom stereocenters. The van der Waals surface area contributed by atoms with Crippen molar-refractivity contribution < 1.29 is 14.6 Å². The number of halogens is 1. The molecule has 0 saturated carbocycles. The summed E-state index contributed by atoms with van der Waals surface area (Å²) in [6.07, 6.45) is -0.606. The quantitative estimate of drug-likeness (QED) is 0.892. The fourth-order valence-electron chi connectivity index (χ4n) is 2.31. The lowest BCUT2D eigenvalue weighted by molar-refractivity contribution is -0.145. The molecule has 0 aromatic heterocycles. The monoisotopic (exact) mass is 318 g/mol. The standard InChI is InChI=1S/C18H19ClO3/c1-11-4-5-14(12(2)8-11)10-17(18(20)21)22-15-6-7-16(19)13(3)9-15/h4-9,17H,10H2,1-3H3,(H,20,21)/t17-/m1/s1. The third kappa shape index (κ3) is 4.01. The third-order valence-electron chi connectivity index (χ3n) is 3.59. The Morgan fingerprint density at radius 2 is 1.86 bits per heavy atom. The zero-order valence-corrected chi connectivity index (χ0v) is 13.6. The highest BCUT2D eigenvalue weighted by atomic mass is 35.5. The minimum Gasteiger partial charge on any atom is -0.478 e. The van der Waals surface area contributed by atoms with Crippen LogP contribution in [0.5, 0.6) is 5.75 Å². The molecule has 3 nitrogen and oxygen atoms in total. The maximum absolute atomic E-state index is 11.5. The van der Waals surface area contributed by atoms with Crippen molar-refractivity contribution in [2.24, 2.45) is 0 Å². The number of benzene rings is 2. The van der Waals surface area contributed by atoms with Crippen LogP contribution in [0.1, 0.15) is 22.3 Å². The zero-order valence-electron chi connectivity index (χ0n) is 12.9. The second-order valence-corrected chi connectivity index (χ2v) is 5.90. The fraction of sp³-hybridized carbons (Fsp3) is 0.278. The molecule has 0 radical (unpaired) electrons. The summed E-state index contributed by atoms with van der Waals surface area (Å²) >= 11 is 5.97. The van der Waals surface area contributed by atoms with Crippen LogP contribution in [0.2, 0.25) is 5.02 Å². The number of aliphatic carboxylic acids is 1. The molecule has 0 fully saturated rings. The van der Waals surface area contributed by atoms with Crippen molar-refractivity contribution in [3.05, 3.63) is 63.7 Å². The van der Waals surface area contributed by atoms with Crippen LogP contribution >= 0.6 is 11.6 Å². The molecular weight excluding hydrogens is 300 g/mol. The van der Waals surface area contributed by atoms with E-state index in [1.807, 2.05) is 39.0 Å². The van der Waals surface area contributed by atoms with Crippen molar-refractivity contribution in [1.82, 2.24) is 0 Å². The Bertz CT molecular complexity index is 695. The van der Waals surface area contributed by atoms with Gasteiger partial charge in [-0.1, -0.05) is 35.4 Å². The zero-order chi connectivity index (χ0) is 16.3. The van der Waals surface area contributed by atoms with Gasteiger partial charge in [0.1, 0.15) is 5.75 Å². The Labute approximate surface area is 135 Å². The first-order valence-electron chi connectivity index (χ1n) is 7.08. The lowest BCUT2D eigenvalue weighted by Gasteiger charge is -2.17. The van der Waals surface area contributed by atoms with Crippen molar-refractivity contribution >= 4 is 17.6 Å². The lowest BCUT2D eigenvalue weighted by Crippen LogP contribution is -2.29. The molecule has 22 heavy (non-hydrogen) atoms. The molecule has 0 heterocycles. The van der Waals surface area contributed by atoms with E-state index in [1.165, 1.54) is 0 Å². The molecule has 0 saturated heterocycles. The molecular formula is C18H19ClO3. The van der Waals surface area contributed by atoms with Crippen LogP contribution in [0.15, 0.2) is 36.4 Å². The largest absolute Gasteiger partial charge is 0.478 e. The number of hydrogen-bond acceptors (Lipinski definition) is 2. The van der Waals surface area contributed by atoms with Crippen LogP contribution in [0, 0.1) is 20.8 Å².